The summed E-state index contributed by atoms with van der Waals surface area (Å²) in [7, 11) is 1.51. The number of methoxy groups -OCH3 is 1. The van der Waals surface area contributed by atoms with Gasteiger partial charge in [-0.15, -0.1) is 0 Å². The zero-order valence-corrected chi connectivity index (χ0v) is 20.0. The number of rotatable bonds is 5. The van der Waals surface area contributed by atoms with Crippen LogP contribution in [0.2, 0.25) is 0 Å². The van der Waals surface area contributed by atoms with Crippen LogP contribution in [-0.4, -0.2) is 55.0 Å². The van der Waals surface area contributed by atoms with E-state index in [0.29, 0.717) is 24.6 Å². The molecule has 0 atom stereocenters. The number of pyridine rings is 1. The van der Waals surface area contributed by atoms with Crippen LogP contribution < -0.4 is 14.4 Å². The van der Waals surface area contributed by atoms with Gasteiger partial charge in [0, 0.05) is 44.6 Å². The number of ether oxygens (including phenoxy) is 2. The van der Waals surface area contributed by atoms with Gasteiger partial charge >= 0.3 is 5.97 Å². The van der Waals surface area contributed by atoms with E-state index in [0.717, 1.165) is 30.0 Å². The van der Waals surface area contributed by atoms with Gasteiger partial charge in [0.2, 0.25) is 5.91 Å². The molecule has 1 aromatic heterocycles. The summed E-state index contributed by atoms with van der Waals surface area (Å²) in [5.74, 6) is 1.29. The van der Waals surface area contributed by atoms with Crippen molar-refractivity contribution in [3.8, 4) is 11.5 Å². The first kappa shape index (κ1) is 23.3. The highest BCUT2D eigenvalue weighted by Gasteiger charge is 2.21. The number of benzene rings is 2. The summed E-state index contributed by atoms with van der Waals surface area (Å²) in [6, 6.07) is 13.6. The summed E-state index contributed by atoms with van der Waals surface area (Å²) in [5.41, 5.74) is 4.19. The van der Waals surface area contributed by atoms with Gasteiger partial charge in [-0.2, -0.15) is 0 Å². The lowest BCUT2D eigenvalue weighted by Crippen LogP contribution is -2.48. The van der Waals surface area contributed by atoms with Crippen LogP contribution in [0.25, 0.3) is 17.0 Å². The number of anilines is 1. The Morgan fingerprint density at radius 2 is 1.74 bits per heavy atom. The Bertz CT molecular complexity index is 1260. The van der Waals surface area contributed by atoms with E-state index in [2.05, 4.69) is 43.0 Å². The zero-order valence-electron chi connectivity index (χ0n) is 20.0. The van der Waals surface area contributed by atoms with Crippen molar-refractivity contribution < 1.29 is 19.1 Å². The predicted octanol–water partition coefficient (Wildman–Crippen LogP) is 4.15. The van der Waals surface area contributed by atoms with Gasteiger partial charge in [0.1, 0.15) is 5.82 Å². The summed E-state index contributed by atoms with van der Waals surface area (Å²) in [6.45, 7) is 8.26. The molecule has 3 aromatic rings. The summed E-state index contributed by atoms with van der Waals surface area (Å²) < 4.78 is 10.4. The second-order valence-electron chi connectivity index (χ2n) is 8.42. The van der Waals surface area contributed by atoms with Crippen molar-refractivity contribution in [2.45, 2.75) is 20.8 Å². The Morgan fingerprint density at radius 1 is 0.971 bits per heavy atom. The molecule has 0 bridgehead atoms. The van der Waals surface area contributed by atoms with Crippen LogP contribution in [0.5, 0.6) is 11.5 Å². The number of para-hydroxylation sites is 1. The number of hydrogen-bond donors (Lipinski definition) is 0. The Balaban J connectivity index is 1.40. The van der Waals surface area contributed by atoms with Gasteiger partial charge in [0.05, 0.1) is 12.6 Å². The number of aromatic nitrogens is 1. The van der Waals surface area contributed by atoms with Gasteiger partial charge < -0.3 is 19.3 Å². The van der Waals surface area contributed by atoms with Gasteiger partial charge in [0.25, 0.3) is 0 Å². The normalized spacial score (nSPS) is 14.0. The first-order valence-electron chi connectivity index (χ1n) is 11.3. The van der Waals surface area contributed by atoms with Crippen LogP contribution >= 0.6 is 0 Å². The molecule has 1 amide bonds. The number of nitrogens with zero attached hydrogens (tertiary/aromatic N) is 3. The van der Waals surface area contributed by atoms with E-state index in [1.807, 2.05) is 4.90 Å². The van der Waals surface area contributed by atoms with Crippen LogP contribution in [-0.2, 0) is 9.59 Å². The van der Waals surface area contributed by atoms with E-state index >= 15 is 0 Å². The average molecular weight is 460 g/mol. The maximum Gasteiger partial charge on any atom is 0.308 e. The highest BCUT2D eigenvalue weighted by atomic mass is 16.6. The maximum atomic E-state index is 12.8. The number of amides is 1. The molecular weight excluding hydrogens is 430 g/mol. The second-order valence-corrected chi connectivity index (χ2v) is 8.42. The van der Waals surface area contributed by atoms with Gasteiger partial charge in [-0.1, -0.05) is 24.3 Å². The third kappa shape index (κ3) is 5.03. The topological polar surface area (TPSA) is 72.0 Å². The lowest BCUT2D eigenvalue weighted by molar-refractivity contribution is -0.132. The maximum absolute atomic E-state index is 12.8. The molecule has 2 aromatic carbocycles. The first-order valence-corrected chi connectivity index (χ1v) is 11.3. The number of carbonyl (C=O) groups excluding carboxylic acids is 2. The molecule has 1 aliphatic heterocycles. The lowest BCUT2D eigenvalue weighted by Gasteiger charge is -2.35. The van der Waals surface area contributed by atoms with Crippen LogP contribution in [0.3, 0.4) is 0 Å². The molecule has 34 heavy (non-hydrogen) atoms. The molecule has 7 nitrogen and oxygen atoms in total. The van der Waals surface area contributed by atoms with E-state index in [9.17, 15) is 9.59 Å². The van der Waals surface area contributed by atoms with Crippen molar-refractivity contribution in [3.05, 3.63) is 65.2 Å². The lowest BCUT2D eigenvalue weighted by atomic mass is 10.1. The molecule has 0 unspecified atom stereocenters. The summed E-state index contributed by atoms with van der Waals surface area (Å²) in [5, 5.41) is 1.18. The van der Waals surface area contributed by atoms with Crippen LogP contribution in [0.4, 0.5) is 5.82 Å². The number of fused-ring (bicyclic) bond motifs is 1. The summed E-state index contributed by atoms with van der Waals surface area (Å²) in [4.78, 5) is 33.0. The number of carbonyl (C=O) groups is 2. The molecule has 2 heterocycles. The molecule has 1 aliphatic rings. The molecule has 0 saturated carbocycles. The summed E-state index contributed by atoms with van der Waals surface area (Å²) in [6.07, 6.45) is 3.31. The number of hydrogen-bond acceptors (Lipinski definition) is 6. The molecule has 176 valence electrons. The quantitative estimate of drug-likeness (QED) is 0.324. The standard InChI is InChI=1S/C27H29N3O4/c1-18-6-5-7-22-19(2)16-25(28-27(18)22)29-12-14-30(15-13-29)26(32)11-9-21-8-10-23(34-20(3)31)24(17-21)33-4/h5-11,16-17H,12-15H2,1-4H3/b11-9+. The van der Waals surface area contributed by atoms with E-state index in [1.165, 1.54) is 30.5 Å². The van der Waals surface area contributed by atoms with Crippen molar-refractivity contribution in [2.75, 3.05) is 38.2 Å². The van der Waals surface area contributed by atoms with Crippen molar-refractivity contribution in [1.82, 2.24) is 9.88 Å². The monoisotopic (exact) mass is 459 g/mol. The molecule has 0 spiro atoms. The third-order valence-electron chi connectivity index (χ3n) is 6.01. The van der Waals surface area contributed by atoms with Crippen LogP contribution in [0, 0.1) is 13.8 Å². The molecular formula is C27H29N3O4. The molecule has 4 rings (SSSR count). The minimum absolute atomic E-state index is 0.0406. The molecule has 1 saturated heterocycles. The van der Waals surface area contributed by atoms with Crippen molar-refractivity contribution in [3.63, 3.8) is 0 Å². The first-order chi connectivity index (χ1) is 16.4. The Hall–Kier alpha value is -3.87. The molecule has 0 radical (unpaired) electrons. The minimum Gasteiger partial charge on any atom is -0.493 e. The second kappa shape index (κ2) is 9.95. The molecule has 0 aliphatic carbocycles. The van der Waals surface area contributed by atoms with Crippen LogP contribution in [0.1, 0.15) is 23.6 Å². The van der Waals surface area contributed by atoms with E-state index < -0.39 is 5.97 Å². The van der Waals surface area contributed by atoms with Gasteiger partial charge in [-0.05, 0) is 54.8 Å². The molecule has 1 fully saturated rings. The van der Waals surface area contributed by atoms with Gasteiger partial charge in [-0.25, -0.2) is 4.98 Å². The molecule has 0 N–H and O–H groups in total. The SMILES string of the molecule is COc1cc(/C=C/C(=O)N2CCN(c3cc(C)c4cccc(C)c4n3)CC2)ccc1OC(C)=O. The highest BCUT2D eigenvalue weighted by Crippen LogP contribution is 2.29. The Kier molecular flexibility index (Phi) is 6.82. The zero-order chi connectivity index (χ0) is 24.2. The van der Waals surface area contributed by atoms with Gasteiger partial charge in [0.15, 0.2) is 11.5 Å². The number of esters is 1. The van der Waals surface area contributed by atoms with Crippen molar-refractivity contribution in [2.24, 2.45) is 0 Å². The fraction of sp³-hybridized carbons (Fsp3) is 0.296. The fourth-order valence-corrected chi connectivity index (χ4v) is 4.16. The predicted molar refractivity (Wildman–Crippen MR) is 133 cm³/mol. The Morgan fingerprint density at radius 3 is 2.44 bits per heavy atom. The van der Waals surface area contributed by atoms with E-state index in [-0.39, 0.29) is 5.91 Å². The van der Waals surface area contributed by atoms with E-state index in [1.54, 1.807) is 30.4 Å². The average Bonchev–Trinajstić information content (AvgIpc) is 2.83. The largest absolute Gasteiger partial charge is 0.493 e. The Labute approximate surface area is 199 Å². The number of aryl methyl sites for hydroxylation is 2. The fourth-order valence-electron chi connectivity index (χ4n) is 4.16. The highest BCUT2D eigenvalue weighted by molar-refractivity contribution is 5.92. The van der Waals surface area contributed by atoms with E-state index in [4.69, 9.17) is 14.5 Å². The smallest absolute Gasteiger partial charge is 0.308 e. The van der Waals surface area contributed by atoms with Crippen molar-refractivity contribution in [1.29, 1.82) is 0 Å². The van der Waals surface area contributed by atoms with Crippen molar-refractivity contribution >= 4 is 34.7 Å². The third-order valence-corrected chi connectivity index (χ3v) is 6.01. The minimum atomic E-state index is -0.417. The number of piperazine rings is 1. The summed E-state index contributed by atoms with van der Waals surface area (Å²) >= 11 is 0. The van der Waals surface area contributed by atoms with Gasteiger partial charge in [-0.3, -0.25) is 9.59 Å². The van der Waals surface area contributed by atoms with Crippen LogP contribution in [0.15, 0.2) is 48.5 Å². The molecule has 7 heteroatoms.